The molecule has 1 N–H and O–H groups in total. The van der Waals surface area contributed by atoms with Crippen LogP contribution in [0.4, 0.5) is 0 Å². The van der Waals surface area contributed by atoms with Crippen molar-refractivity contribution in [3.63, 3.8) is 0 Å². The molecular weight excluding hydrogens is 326 g/mol. The highest BCUT2D eigenvalue weighted by Gasteiger charge is 2.41. The lowest BCUT2D eigenvalue weighted by molar-refractivity contribution is 0.187. The van der Waals surface area contributed by atoms with E-state index >= 15 is 0 Å². The summed E-state index contributed by atoms with van der Waals surface area (Å²) in [5.41, 5.74) is -0.558. The Hall–Kier alpha value is 0.0869. The maximum Gasteiger partial charge on any atom is 0.217 e. The minimum absolute atomic E-state index is 0.113. The molecule has 1 atom stereocenters. The van der Waals surface area contributed by atoms with Gasteiger partial charge in [0.2, 0.25) is 10.0 Å². The molecule has 0 radical (unpaired) electrons. The zero-order valence-corrected chi connectivity index (χ0v) is 18.8. The fourth-order valence-electron chi connectivity index (χ4n) is 1.75. The molecule has 0 heterocycles. The average molecular weight is 366 g/mol. The number of nitrogens with one attached hydrogen (secondary N) is 1. The Kier molecular flexibility index (Phi) is 7.57. The lowest BCUT2D eigenvalue weighted by atomic mass is 9.98. The molecule has 0 saturated carbocycles. The van der Waals surface area contributed by atoms with Gasteiger partial charge < -0.3 is 4.43 Å². The largest absolute Gasteiger partial charge is 0.415 e. The van der Waals surface area contributed by atoms with E-state index in [0.29, 0.717) is 6.61 Å². The predicted octanol–water partition coefficient (Wildman–Crippen LogP) is 4.68. The normalized spacial score (nSPS) is 17.1. The van der Waals surface area contributed by atoms with Crippen molar-refractivity contribution in [3.8, 4) is 0 Å². The van der Waals surface area contributed by atoms with Crippen LogP contribution in [0.2, 0.25) is 18.1 Å². The van der Waals surface area contributed by atoms with Crippen molar-refractivity contribution in [1.29, 1.82) is 0 Å². The lowest BCUT2D eigenvalue weighted by Gasteiger charge is -2.41. The molecule has 0 bridgehead atoms. The van der Waals surface area contributed by atoms with Crippen LogP contribution >= 0.6 is 0 Å². The molecule has 6 heteroatoms. The van der Waals surface area contributed by atoms with Gasteiger partial charge in [-0.05, 0) is 52.2 Å². The molecule has 0 aliphatic heterocycles. The third-order valence-electron chi connectivity index (χ3n) is 4.83. The van der Waals surface area contributed by atoms with Crippen molar-refractivity contribution in [2.24, 2.45) is 0 Å². The van der Waals surface area contributed by atoms with E-state index in [-0.39, 0.29) is 5.04 Å². The zero-order chi connectivity index (χ0) is 18.7. The van der Waals surface area contributed by atoms with Gasteiger partial charge in [0.1, 0.15) is 0 Å². The van der Waals surface area contributed by atoms with E-state index in [1.165, 1.54) is 0 Å². The van der Waals surface area contributed by atoms with Crippen molar-refractivity contribution in [3.05, 3.63) is 0 Å². The van der Waals surface area contributed by atoms with E-state index in [9.17, 15) is 8.42 Å². The first-order valence-electron chi connectivity index (χ1n) is 8.65. The first-order valence-corrected chi connectivity index (χ1v) is 13.0. The number of sulfonamides is 1. The minimum atomic E-state index is -3.40. The van der Waals surface area contributed by atoms with Crippen molar-refractivity contribution >= 4 is 18.3 Å². The zero-order valence-electron chi connectivity index (χ0n) is 17.0. The summed E-state index contributed by atoms with van der Waals surface area (Å²) < 4.78 is 33.6. The topological polar surface area (TPSA) is 55.4 Å². The van der Waals surface area contributed by atoms with Crippen LogP contribution < -0.4 is 4.72 Å². The van der Waals surface area contributed by atoms with Gasteiger partial charge in [-0.25, -0.2) is 13.1 Å². The Balaban J connectivity index is 5.29. The van der Waals surface area contributed by atoms with E-state index in [1.54, 1.807) is 20.8 Å². The Morgan fingerprint density at radius 1 is 1.00 bits per heavy atom. The molecule has 0 amide bonds. The molecule has 0 aliphatic rings. The molecule has 0 aliphatic carbocycles. The molecule has 0 saturated heterocycles. The predicted molar refractivity (Wildman–Crippen MR) is 103 cm³/mol. The van der Waals surface area contributed by atoms with Gasteiger partial charge in [0.05, 0.1) is 16.9 Å². The smallest absolute Gasteiger partial charge is 0.217 e. The molecule has 23 heavy (non-hydrogen) atoms. The van der Waals surface area contributed by atoms with Crippen molar-refractivity contribution in [1.82, 2.24) is 4.72 Å². The molecule has 0 aromatic carbocycles. The Labute approximate surface area is 146 Å². The summed E-state index contributed by atoms with van der Waals surface area (Å²) in [5.74, 6) is 0. The Morgan fingerprint density at radius 2 is 1.48 bits per heavy atom. The summed E-state index contributed by atoms with van der Waals surface area (Å²) in [6, 6.07) is 0. The Morgan fingerprint density at radius 3 is 1.83 bits per heavy atom. The first kappa shape index (κ1) is 23.1. The van der Waals surface area contributed by atoms with E-state index in [0.717, 1.165) is 19.3 Å². The lowest BCUT2D eigenvalue weighted by Crippen LogP contribution is -2.56. The van der Waals surface area contributed by atoms with Crippen LogP contribution in [0.3, 0.4) is 0 Å². The minimum Gasteiger partial charge on any atom is -0.415 e. The van der Waals surface area contributed by atoms with Gasteiger partial charge in [0, 0.05) is 0 Å². The maximum atomic E-state index is 12.6. The average Bonchev–Trinajstić information content (AvgIpc) is 2.31. The quantitative estimate of drug-likeness (QED) is 0.636. The Bertz CT molecular complexity index is 475. The second-order valence-electron chi connectivity index (χ2n) is 9.43. The summed E-state index contributed by atoms with van der Waals surface area (Å²) in [6.45, 7) is 20.7. The summed E-state index contributed by atoms with van der Waals surface area (Å²) in [5, 5.41) is 0.113. The van der Waals surface area contributed by atoms with Crippen LogP contribution in [0, 0.1) is 0 Å². The van der Waals surface area contributed by atoms with Crippen LogP contribution in [0.1, 0.15) is 74.7 Å². The van der Waals surface area contributed by atoms with Crippen molar-refractivity contribution in [2.75, 3.05) is 6.61 Å². The van der Waals surface area contributed by atoms with Crippen LogP contribution in [-0.2, 0) is 14.4 Å². The second-order valence-corrected chi connectivity index (χ2v) is 16.7. The molecule has 140 valence electrons. The number of hydrogen-bond donors (Lipinski definition) is 1. The van der Waals surface area contributed by atoms with Gasteiger partial charge in [-0.2, -0.15) is 0 Å². The van der Waals surface area contributed by atoms with E-state index in [1.807, 2.05) is 6.92 Å². The fourth-order valence-corrected chi connectivity index (χ4v) is 3.98. The highest BCUT2D eigenvalue weighted by atomic mass is 32.2. The van der Waals surface area contributed by atoms with E-state index < -0.39 is 28.6 Å². The SMILES string of the molecule is CCCCC(C)(CO[Si](C)(C)C(C)(C)C)NS(=O)(=O)C(C)(C)C. The highest BCUT2D eigenvalue weighted by molar-refractivity contribution is 7.90. The number of unbranched alkanes of at least 4 members (excludes halogenated alkanes) is 1. The summed E-state index contributed by atoms with van der Waals surface area (Å²) in [6.07, 6.45) is 2.80. The van der Waals surface area contributed by atoms with Crippen LogP contribution in [0.15, 0.2) is 0 Å². The summed E-state index contributed by atoms with van der Waals surface area (Å²) in [7, 11) is -5.31. The van der Waals surface area contributed by atoms with Gasteiger partial charge in [-0.3, -0.25) is 0 Å². The molecule has 1 unspecified atom stereocenters. The molecular formula is C17H39NO3SSi. The van der Waals surface area contributed by atoms with Gasteiger partial charge in [0.25, 0.3) is 0 Å². The molecule has 0 aromatic rings. The highest BCUT2D eigenvalue weighted by Crippen LogP contribution is 2.37. The number of rotatable bonds is 8. The fraction of sp³-hybridized carbons (Fsp3) is 1.00. The third-order valence-corrected chi connectivity index (χ3v) is 11.7. The molecule has 0 rings (SSSR count). The van der Waals surface area contributed by atoms with E-state index in [4.69, 9.17) is 4.43 Å². The van der Waals surface area contributed by atoms with Gasteiger partial charge in [-0.1, -0.05) is 40.5 Å². The van der Waals surface area contributed by atoms with Crippen molar-refractivity contribution in [2.45, 2.75) is 103 Å². The van der Waals surface area contributed by atoms with Crippen LogP contribution in [0.5, 0.6) is 0 Å². The molecule has 0 spiro atoms. The maximum absolute atomic E-state index is 12.6. The summed E-state index contributed by atoms with van der Waals surface area (Å²) in [4.78, 5) is 0. The van der Waals surface area contributed by atoms with Gasteiger partial charge >= 0.3 is 0 Å². The van der Waals surface area contributed by atoms with Crippen molar-refractivity contribution < 1.29 is 12.8 Å². The summed E-state index contributed by atoms with van der Waals surface area (Å²) >= 11 is 0. The van der Waals surface area contributed by atoms with Crippen LogP contribution in [-0.4, -0.2) is 33.6 Å². The third kappa shape index (κ3) is 6.84. The molecule has 0 fully saturated rings. The second kappa shape index (κ2) is 7.54. The van der Waals surface area contributed by atoms with Crippen LogP contribution in [0.25, 0.3) is 0 Å². The molecule has 0 aromatic heterocycles. The monoisotopic (exact) mass is 365 g/mol. The standard InChI is InChI=1S/C17H39NO3SSi/c1-11-12-13-17(8,18-22(19,20)15(2,3)4)14-21-23(9,10)16(5,6)7/h18H,11-14H2,1-10H3. The van der Waals surface area contributed by atoms with Gasteiger partial charge in [0.15, 0.2) is 8.32 Å². The first-order chi connectivity index (χ1) is 9.97. The van der Waals surface area contributed by atoms with E-state index in [2.05, 4.69) is 45.5 Å². The number of hydrogen-bond acceptors (Lipinski definition) is 3. The molecule has 4 nitrogen and oxygen atoms in total. The van der Waals surface area contributed by atoms with Gasteiger partial charge in [-0.15, -0.1) is 0 Å².